The number of thiophene rings is 1. The number of aromatic nitrogens is 1. The molecule has 3 aromatic rings. The van der Waals surface area contributed by atoms with Crippen molar-refractivity contribution in [3.63, 3.8) is 0 Å². The fraction of sp³-hybridized carbons (Fsp3) is 0.150. The van der Waals surface area contributed by atoms with Gasteiger partial charge in [-0.3, -0.25) is 4.99 Å². The number of hydrogen-bond acceptors (Lipinski definition) is 5. The SMILES string of the molecule is CNC1=Nc2ncccc2C(c2ccc(C)cc2)=NC1c1cccs1. The molecule has 0 bridgehead atoms. The van der Waals surface area contributed by atoms with Crippen LogP contribution in [-0.2, 0) is 0 Å². The number of pyridine rings is 1. The van der Waals surface area contributed by atoms with Gasteiger partial charge < -0.3 is 5.32 Å². The first-order valence-corrected chi connectivity index (χ1v) is 9.04. The molecule has 5 heteroatoms. The molecule has 124 valence electrons. The van der Waals surface area contributed by atoms with Gasteiger partial charge in [0.25, 0.3) is 0 Å². The van der Waals surface area contributed by atoms with E-state index in [0.717, 1.165) is 27.6 Å². The normalized spacial score (nSPS) is 16.5. The quantitative estimate of drug-likeness (QED) is 0.752. The van der Waals surface area contributed by atoms with Gasteiger partial charge in [0.05, 0.1) is 5.71 Å². The van der Waals surface area contributed by atoms with Gasteiger partial charge in [0, 0.05) is 29.2 Å². The minimum atomic E-state index is -0.157. The Kier molecular flexibility index (Phi) is 4.15. The Bertz CT molecular complexity index is 940. The molecule has 1 atom stereocenters. The van der Waals surface area contributed by atoms with Gasteiger partial charge >= 0.3 is 0 Å². The highest BCUT2D eigenvalue weighted by Gasteiger charge is 2.25. The maximum atomic E-state index is 5.11. The number of nitrogens with one attached hydrogen (secondary N) is 1. The first-order chi connectivity index (χ1) is 12.3. The second-order valence-electron chi connectivity index (χ2n) is 5.88. The van der Waals surface area contributed by atoms with Gasteiger partial charge in [-0.2, -0.15) is 0 Å². The summed E-state index contributed by atoms with van der Waals surface area (Å²) < 4.78 is 0. The number of aliphatic imine (C=N–C) groups is 2. The van der Waals surface area contributed by atoms with E-state index in [2.05, 4.69) is 52.9 Å². The van der Waals surface area contributed by atoms with E-state index in [0.29, 0.717) is 5.82 Å². The van der Waals surface area contributed by atoms with E-state index in [9.17, 15) is 0 Å². The summed E-state index contributed by atoms with van der Waals surface area (Å²) in [7, 11) is 1.88. The zero-order valence-electron chi connectivity index (χ0n) is 14.1. The first kappa shape index (κ1) is 15.7. The number of rotatable bonds is 2. The Morgan fingerprint density at radius 3 is 2.60 bits per heavy atom. The van der Waals surface area contributed by atoms with Crippen LogP contribution in [0.1, 0.15) is 27.6 Å². The van der Waals surface area contributed by atoms with Crippen molar-refractivity contribution in [1.82, 2.24) is 10.3 Å². The van der Waals surface area contributed by atoms with Crippen molar-refractivity contribution in [2.75, 3.05) is 7.05 Å². The van der Waals surface area contributed by atoms with Crippen LogP contribution in [0.4, 0.5) is 5.82 Å². The number of benzene rings is 1. The van der Waals surface area contributed by atoms with E-state index in [4.69, 9.17) is 9.98 Å². The number of likely N-dealkylation sites (N-methyl/N-ethyl adjacent to an activating group) is 1. The highest BCUT2D eigenvalue weighted by Crippen LogP contribution is 2.31. The monoisotopic (exact) mass is 346 g/mol. The van der Waals surface area contributed by atoms with Gasteiger partial charge in [-0.05, 0) is 30.5 Å². The second-order valence-corrected chi connectivity index (χ2v) is 6.86. The van der Waals surface area contributed by atoms with Gasteiger partial charge in [-0.15, -0.1) is 11.3 Å². The molecular formula is C20H18N4S. The number of aryl methyl sites for hydroxylation is 1. The van der Waals surface area contributed by atoms with Crippen LogP contribution in [0.2, 0.25) is 0 Å². The summed E-state index contributed by atoms with van der Waals surface area (Å²) >= 11 is 1.69. The summed E-state index contributed by atoms with van der Waals surface area (Å²) in [5.41, 5.74) is 4.19. The van der Waals surface area contributed by atoms with E-state index >= 15 is 0 Å². The molecule has 0 aliphatic carbocycles. The summed E-state index contributed by atoms with van der Waals surface area (Å²) in [6.45, 7) is 2.09. The van der Waals surface area contributed by atoms with Crippen molar-refractivity contribution in [1.29, 1.82) is 0 Å². The average molecular weight is 346 g/mol. The zero-order chi connectivity index (χ0) is 17.2. The number of hydrogen-bond donors (Lipinski definition) is 1. The predicted octanol–water partition coefficient (Wildman–Crippen LogP) is 4.29. The van der Waals surface area contributed by atoms with Gasteiger partial charge in [-0.25, -0.2) is 9.98 Å². The van der Waals surface area contributed by atoms with Gasteiger partial charge in [0.15, 0.2) is 5.82 Å². The molecule has 1 aliphatic rings. The molecule has 2 aromatic heterocycles. The Hall–Kier alpha value is -2.79. The third kappa shape index (κ3) is 2.98. The summed E-state index contributed by atoms with van der Waals surface area (Å²) in [6, 6.07) is 16.4. The third-order valence-corrected chi connectivity index (χ3v) is 5.10. The van der Waals surface area contributed by atoms with E-state index in [1.165, 1.54) is 5.56 Å². The molecular weight excluding hydrogens is 328 g/mol. The fourth-order valence-electron chi connectivity index (χ4n) is 2.89. The molecule has 1 aliphatic heterocycles. The highest BCUT2D eigenvalue weighted by molar-refractivity contribution is 7.10. The summed E-state index contributed by atoms with van der Waals surface area (Å²) in [4.78, 5) is 15.5. The molecule has 0 spiro atoms. The lowest BCUT2D eigenvalue weighted by molar-refractivity contribution is 0.927. The van der Waals surface area contributed by atoms with Crippen LogP contribution in [0.25, 0.3) is 0 Å². The summed E-state index contributed by atoms with van der Waals surface area (Å²) in [5.74, 6) is 1.51. The van der Waals surface area contributed by atoms with Crippen molar-refractivity contribution in [2.24, 2.45) is 9.98 Å². The Morgan fingerprint density at radius 1 is 1.04 bits per heavy atom. The van der Waals surface area contributed by atoms with Gasteiger partial charge in [0.2, 0.25) is 0 Å². The van der Waals surface area contributed by atoms with Crippen molar-refractivity contribution in [3.05, 3.63) is 81.7 Å². The highest BCUT2D eigenvalue weighted by atomic mass is 32.1. The fourth-order valence-corrected chi connectivity index (χ4v) is 3.65. The van der Waals surface area contributed by atoms with Crippen LogP contribution in [-0.4, -0.2) is 23.6 Å². The Balaban J connectivity index is 1.95. The topological polar surface area (TPSA) is 49.6 Å². The Labute approximate surface area is 151 Å². The molecule has 1 N–H and O–H groups in total. The summed E-state index contributed by atoms with van der Waals surface area (Å²) in [5, 5.41) is 5.28. The van der Waals surface area contributed by atoms with Crippen LogP contribution < -0.4 is 5.32 Å². The van der Waals surface area contributed by atoms with E-state index < -0.39 is 0 Å². The van der Waals surface area contributed by atoms with E-state index in [1.807, 2.05) is 25.2 Å². The number of nitrogens with zero attached hydrogens (tertiary/aromatic N) is 3. The van der Waals surface area contributed by atoms with Crippen LogP contribution in [0.15, 0.2) is 70.1 Å². The molecule has 4 rings (SSSR count). The predicted molar refractivity (Wildman–Crippen MR) is 104 cm³/mol. The molecule has 0 radical (unpaired) electrons. The number of amidine groups is 1. The van der Waals surface area contributed by atoms with E-state index in [-0.39, 0.29) is 6.04 Å². The molecule has 0 amide bonds. The van der Waals surface area contributed by atoms with Gasteiger partial charge in [-0.1, -0.05) is 35.9 Å². The zero-order valence-corrected chi connectivity index (χ0v) is 14.9. The second kappa shape index (κ2) is 6.61. The average Bonchev–Trinajstić information content (AvgIpc) is 3.11. The largest absolute Gasteiger partial charge is 0.374 e. The molecule has 0 saturated carbocycles. The van der Waals surface area contributed by atoms with Crippen LogP contribution in [0.3, 0.4) is 0 Å². The van der Waals surface area contributed by atoms with Crippen LogP contribution in [0, 0.1) is 6.92 Å². The van der Waals surface area contributed by atoms with Crippen molar-refractivity contribution < 1.29 is 0 Å². The molecule has 1 aromatic carbocycles. The minimum Gasteiger partial charge on any atom is -0.374 e. The molecule has 0 saturated heterocycles. The Morgan fingerprint density at radius 2 is 1.88 bits per heavy atom. The van der Waals surface area contributed by atoms with Crippen molar-refractivity contribution in [2.45, 2.75) is 13.0 Å². The molecule has 1 unspecified atom stereocenters. The molecule has 0 fully saturated rings. The van der Waals surface area contributed by atoms with Crippen molar-refractivity contribution >= 4 is 28.7 Å². The molecule has 4 nitrogen and oxygen atoms in total. The maximum Gasteiger partial charge on any atom is 0.163 e. The lowest BCUT2D eigenvalue weighted by atomic mass is 10.0. The third-order valence-electron chi connectivity index (χ3n) is 4.18. The van der Waals surface area contributed by atoms with Crippen LogP contribution >= 0.6 is 11.3 Å². The smallest absolute Gasteiger partial charge is 0.163 e. The lowest BCUT2D eigenvalue weighted by Crippen LogP contribution is -2.24. The first-order valence-electron chi connectivity index (χ1n) is 8.16. The number of fused-ring (bicyclic) bond motifs is 1. The van der Waals surface area contributed by atoms with Crippen LogP contribution in [0.5, 0.6) is 0 Å². The summed E-state index contributed by atoms with van der Waals surface area (Å²) in [6.07, 6.45) is 1.77. The maximum absolute atomic E-state index is 5.11. The lowest BCUT2D eigenvalue weighted by Gasteiger charge is -2.13. The standard InChI is InChI=1S/C20H18N4S/c1-13-7-9-14(10-8-13)17-15-5-3-11-22-19(15)24-20(21-2)18(23-17)16-6-4-12-25-16/h3-12,18H,1-2H3,(H,21,22,24). The molecule has 3 heterocycles. The molecule has 25 heavy (non-hydrogen) atoms. The van der Waals surface area contributed by atoms with E-state index in [1.54, 1.807) is 17.5 Å². The van der Waals surface area contributed by atoms with Crippen molar-refractivity contribution in [3.8, 4) is 0 Å². The van der Waals surface area contributed by atoms with Gasteiger partial charge in [0.1, 0.15) is 11.9 Å². The minimum absolute atomic E-state index is 0.157.